The summed E-state index contributed by atoms with van der Waals surface area (Å²) in [5.74, 6) is 0.517. The van der Waals surface area contributed by atoms with E-state index in [2.05, 4.69) is 27.3 Å². The van der Waals surface area contributed by atoms with Crippen molar-refractivity contribution in [2.45, 2.75) is 32.6 Å². The maximum absolute atomic E-state index is 12.8. The lowest BCUT2D eigenvalue weighted by Crippen LogP contribution is -2.13. The molecule has 0 unspecified atom stereocenters. The summed E-state index contributed by atoms with van der Waals surface area (Å²) in [7, 11) is 1.53. The van der Waals surface area contributed by atoms with Gasteiger partial charge in [0.05, 0.1) is 19.3 Å². The highest BCUT2D eigenvalue weighted by Crippen LogP contribution is 2.38. The first-order chi connectivity index (χ1) is 14.5. The third-order valence-electron chi connectivity index (χ3n) is 4.76. The third-order valence-corrected chi connectivity index (χ3v) is 6.65. The van der Waals surface area contributed by atoms with Gasteiger partial charge in [-0.15, -0.1) is 11.3 Å². The largest absolute Gasteiger partial charge is 0.493 e. The van der Waals surface area contributed by atoms with Crippen LogP contribution in [0.4, 0.5) is 5.00 Å². The highest BCUT2D eigenvalue weighted by atomic mass is 79.9. The minimum atomic E-state index is -0.549. The molecular formula is C22H20BrN3O3S. The molecule has 0 radical (unpaired) electrons. The fraction of sp³-hybridized carbons (Fsp3) is 0.318. The fourth-order valence-corrected chi connectivity index (χ4v) is 5.01. The molecule has 0 aliphatic heterocycles. The molecule has 1 aromatic heterocycles. The van der Waals surface area contributed by atoms with E-state index in [1.54, 1.807) is 12.1 Å². The molecule has 2 aromatic rings. The monoisotopic (exact) mass is 485 g/mol. The second kappa shape index (κ2) is 9.80. The van der Waals surface area contributed by atoms with Gasteiger partial charge in [-0.2, -0.15) is 10.5 Å². The van der Waals surface area contributed by atoms with Crippen molar-refractivity contribution in [2.24, 2.45) is 0 Å². The van der Waals surface area contributed by atoms with E-state index in [0.717, 1.165) is 36.1 Å². The fourth-order valence-electron chi connectivity index (χ4n) is 3.34. The van der Waals surface area contributed by atoms with Crippen molar-refractivity contribution in [3.05, 3.63) is 43.7 Å². The highest BCUT2D eigenvalue weighted by molar-refractivity contribution is 9.10. The SMILES string of the molecule is CCOc1cc(Br)c(/C=C(\C#N)C(=O)Nc2sc3c(c2C#N)CCCC3)cc1OC. The standard InChI is InChI=1S/C22H20BrN3O3S/c1-3-29-19-10-17(23)13(9-18(19)28-2)8-14(11-24)21(27)26-22-16(12-25)15-6-4-5-7-20(15)30-22/h8-10H,3-7H2,1-2H3,(H,26,27)/b14-8+. The van der Waals surface area contributed by atoms with Gasteiger partial charge in [0.25, 0.3) is 5.91 Å². The van der Waals surface area contributed by atoms with E-state index in [0.29, 0.717) is 38.7 Å². The van der Waals surface area contributed by atoms with Crippen molar-refractivity contribution in [1.82, 2.24) is 0 Å². The number of nitrogens with one attached hydrogen (secondary N) is 1. The molecule has 1 aromatic carbocycles. The molecule has 1 N–H and O–H groups in total. The smallest absolute Gasteiger partial charge is 0.266 e. The molecule has 1 aliphatic rings. The summed E-state index contributed by atoms with van der Waals surface area (Å²) in [4.78, 5) is 13.9. The van der Waals surface area contributed by atoms with Gasteiger partial charge in [-0.3, -0.25) is 4.79 Å². The van der Waals surface area contributed by atoms with Crippen LogP contribution in [-0.4, -0.2) is 19.6 Å². The number of nitrogens with zero attached hydrogens (tertiary/aromatic N) is 2. The van der Waals surface area contributed by atoms with E-state index in [1.165, 1.54) is 24.5 Å². The Morgan fingerprint density at radius 1 is 1.30 bits per heavy atom. The Labute approximate surface area is 187 Å². The van der Waals surface area contributed by atoms with Crippen LogP contribution < -0.4 is 14.8 Å². The van der Waals surface area contributed by atoms with Crippen molar-refractivity contribution < 1.29 is 14.3 Å². The topological polar surface area (TPSA) is 95.1 Å². The van der Waals surface area contributed by atoms with E-state index < -0.39 is 5.91 Å². The van der Waals surface area contributed by atoms with Crippen molar-refractivity contribution in [1.29, 1.82) is 10.5 Å². The maximum Gasteiger partial charge on any atom is 0.266 e. The molecule has 1 aliphatic carbocycles. The summed E-state index contributed by atoms with van der Waals surface area (Å²) in [6.45, 7) is 2.35. The molecule has 8 heteroatoms. The van der Waals surface area contributed by atoms with Crippen LogP contribution in [0.2, 0.25) is 0 Å². The van der Waals surface area contributed by atoms with Gasteiger partial charge in [-0.1, -0.05) is 15.9 Å². The number of hydrogen-bond acceptors (Lipinski definition) is 6. The lowest BCUT2D eigenvalue weighted by atomic mass is 9.96. The van der Waals surface area contributed by atoms with E-state index in [-0.39, 0.29) is 5.57 Å². The van der Waals surface area contributed by atoms with Crippen LogP contribution in [0.15, 0.2) is 22.2 Å². The quantitative estimate of drug-likeness (QED) is 0.447. The second-order valence-electron chi connectivity index (χ2n) is 6.61. The Balaban J connectivity index is 1.91. The molecule has 0 fully saturated rings. The van der Waals surface area contributed by atoms with Gasteiger partial charge in [0, 0.05) is 9.35 Å². The number of aryl methyl sites for hydroxylation is 1. The van der Waals surface area contributed by atoms with Gasteiger partial charge in [-0.05, 0) is 61.9 Å². The van der Waals surface area contributed by atoms with Crippen LogP contribution in [0.5, 0.6) is 11.5 Å². The third kappa shape index (κ3) is 4.51. The Kier molecular flexibility index (Phi) is 7.15. The first kappa shape index (κ1) is 21.9. The van der Waals surface area contributed by atoms with Crippen LogP contribution in [0.25, 0.3) is 6.08 Å². The number of methoxy groups -OCH3 is 1. The lowest BCUT2D eigenvalue weighted by molar-refractivity contribution is -0.112. The number of rotatable bonds is 6. The van der Waals surface area contributed by atoms with Gasteiger partial charge < -0.3 is 14.8 Å². The molecule has 3 rings (SSSR count). The highest BCUT2D eigenvalue weighted by Gasteiger charge is 2.23. The predicted molar refractivity (Wildman–Crippen MR) is 120 cm³/mol. The zero-order valence-corrected chi connectivity index (χ0v) is 19.1. The van der Waals surface area contributed by atoms with Gasteiger partial charge in [0.1, 0.15) is 22.7 Å². The van der Waals surface area contributed by atoms with Gasteiger partial charge >= 0.3 is 0 Å². The summed E-state index contributed by atoms with van der Waals surface area (Å²) < 4.78 is 11.5. The summed E-state index contributed by atoms with van der Waals surface area (Å²) in [6, 6.07) is 7.60. The first-order valence-electron chi connectivity index (χ1n) is 9.50. The molecule has 154 valence electrons. The summed E-state index contributed by atoms with van der Waals surface area (Å²) in [6.07, 6.45) is 5.39. The van der Waals surface area contributed by atoms with Crippen LogP contribution in [0.1, 0.15) is 41.3 Å². The number of thiophene rings is 1. The van der Waals surface area contributed by atoms with Gasteiger partial charge in [0.2, 0.25) is 0 Å². The number of carbonyl (C=O) groups is 1. The summed E-state index contributed by atoms with van der Waals surface area (Å²) >= 11 is 4.88. The minimum absolute atomic E-state index is 0.0721. The molecule has 0 spiro atoms. The zero-order valence-electron chi connectivity index (χ0n) is 16.7. The number of ether oxygens (including phenoxy) is 2. The van der Waals surface area contributed by atoms with Crippen molar-refractivity contribution >= 4 is 44.3 Å². The van der Waals surface area contributed by atoms with Crippen LogP contribution in [-0.2, 0) is 17.6 Å². The normalized spacial score (nSPS) is 13.0. The Morgan fingerprint density at radius 3 is 2.73 bits per heavy atom. The average molecular weight is 486 g/mol. The number of anilines is 1. The van der Waals surface area contributed by atoms with Crippen LogP contribution in [0, 0.1) is 22.7 Å². The Hall–Kier alpha value is -2.81. The van der Waals surface area contributed by atoms with E-state index in [4.69, 9.17) is 9.47 Å². The van der Waals surface area contributed by atoms with E-state index in [1.807, 2.05) is 13.0 Å². The molecule has 0 saturated heterocycles. The van der Waals surface area contributed by atoms with Crippen LogP contribution >= 0.6 is 27.3 Å². The maximum atomic E-state index is 12.8. The van der Waals surface area contributed by atoms with Gasteiger partial charge in [0.15, 0.2) is 11.5 Å². The van der Waals surface area contributed by atoms with Crippen molar-refractivity contribution in [3.8, 4) is 23.6 Å². The average Bonchev–Trinajstić information content (AvgIpc) is 3.10. The predicted octanol–water partition coefficient (Wildman–Crippen LogP) is 5.21. The van der Waals surface area contributed by atoms with Gasteiger partial charge in [-0.25, -0.2) is 0 Å². The molecular weight excluding hydrogens is 466 g/mol. The Morgan fingerprint density at radius 2 is 2.07 bits per heavy atom. The number of fused-ring (bicyclic) bond motifs is 1. The number of carbonyl (C=O) groups excluding carboxylic acids is 1. The molecule has 1 amide bonds. The number of benzene rings is 1. The Bertz CT molecular complexity index is 1090. The molecule has 30 heavy (non-hydrogen) atoms. The van der Waals surface area contributed by atoms with Crippen molar-refractivity contribution in [3.63, 3.8) is 0 Å². The second-order valence-corrected chi connectivity index (χ2v) is 8.57. The minimum Gasteiger partial charge on any atom is -0.493 e. The number of amides is 1. The molecule has 0 bridgehead atoms. The number of nitriles is 2. The molecule has 0 saturated carbocycles. The molecule has 6 nitrogen and oxygen atoms in total. The van der Waals surface area contributed by atoms with Crippen LogP contribution in [0.3, 0.4) is 0 Å². The number of halogens is 1. The summed E-state index contributed by atoms with van der Waals surface area (Å²) in [5, 5.41) is 22.4. The summed E-state index contributed by atoms with van der Waals surface area (Å²) in [5.41, 5.74) is 2.08. The zero-order chi connectivity index (χ0) is 21.7. The first-order valence-corrected chi connectivity index (χ1v) is 11.1. The van der Waals surface area contributed by atoms with E-state index >= 15 is 0 Å². The lowest BCUT2D eigenvalue weighted by Gasteiger charge is -2.11. The van der Waals surface area contributed by atoms with E-state index in [9.17, 15) is 15.3 Å². The number of hydrogen-bond donors (Lipinski definition) is 1. The molecule has 0 atom stereocenters. The molecule has 1 heterocycles. The van der Waals surface area contributed by atoms with Crippen molar-refractivity contribution in [2.75, 3.05) is 19.0 Å².